The average molecular weight is 515 g/mol. The van der Waals surface area contributed by atoms with Crippen LogP contribution in [0.4, 0.5) is 11.6 Å². The average Bonchev–Trinajstić information content (AvgIpc) is 3.55. The number of ether oxygens (including phenoxy) is 1. The number of aromatic nitrogens is 5. The van der Waals surface area contributed by atoms with E-state index < -0.39 is 23.7 Å². The molecular weight excluding hydrogens is 496 g/mol. The lowest BCUT2D eigenvalue weighted by Crippen LogP contribution is -2.50. The fraction of sp³-hybridized carbons (Fsp3) is 0.167. The summed E-state index contributed by atoms with van der Waals surface area (Å²) in [6.07, 6.45) is -1.12. The third kappa shape index (κ3) is 3.80. The van der Waals surface area contributed by atoms with Gasteiger partial charge in [-0.15, -0.1) is 5.10 Å². The number of rotatable bonds is 4. The van der Waals surface area contributed by atoms with E-state index in [1.807, 2.05) is 0 Å². The molecule has 4 N–H and O–H groups in total. The second-order valence-corrected chi connectivity index (χ2v) is 9.13. The fourth-order valence-electron chi connectivity index (χ4n) is 4.30. The smallest absolute Gasteiger partial charge is 0.260 e. The van der Waals surface area contributed by atoms with Gasteiger partial charge in [0, 0.05) is 17.6 Å². The van der Waals surface area contributed by atoms with Gasteiger partial charge in [0.15, 0.2) is 11.9 Å². The maximum atomic E-state index is 13.3. The van der Waals surface area contributed by atoms with Crippen LogP contribution >= 0.6 is 11.5 Å². The first-order valence-corrected chi connectivity index (χ1v) is 12.0. The number of amides is 1. The van der Waals surface area contributed by atoms with E-state index in [0.717, 1.165) is 17.2 Å². The zero-order chi connectivity index (χ0) is 25.7. The highest BCUT2D eigenvalue weighted by molar-refractivity contribution is 7.14. The van der Waals surface area contributed by atoms with Gasteiger partial charge in [-0.25, -0.2) is 9.67 Å². The highest BCUT2D eigenvalue weighted by Crippen LogP contribution is 2.30. The van der Waals surface area contributed by atoms with Crippen LogP contribution in [0.5, 0.6) is 0 Å². The summed E-state index contributed by atoms with van der Waals surface area (Å²) < 4.78 is 11.9. The van der Waals surface area contributed by atoms with Crippen LogP contribution in [0.1, 0.15) is 17.5 Å². The number of aromatic amines is 1. The minimum Gasteiger partial charge on any atom is -0.382 e. The van der Waals surface area contributed by atoms with Crippen LogP contribution in [-0.2, 0) is 9.53 Å². The summed E-state index contributed by atoms with van der Waals surface area (Å²) in [6, 6.07) is 13.9. The van der Waals surface area contributed by atoms with Crippen molar-refractivity contribution in [1.29, 1.82) is 5.26 Å². The van der Waals surface area contributed by atoms with Crippen molar-refractivity contribution in [3.05, 3.63) is 70.4 Å². The van der Waals surface area contributed by atoms with E-state index in [1.165, 1.54) is 4.90 Å². The summed E-state index contributed by atoms with van der Waals surface area (Å²) in [6.45, 7) is 0.384. The van der Waals surface area contributed by atoms with Gasteiger partial charge < -0.3 is 20.6 Å². The van der Waals surface area contributed by atoms with Crippen molar-refractivity contribution in [3.8, 4) is 11.8 Å². The van der Waals surface area contributed by atoms with Crippen LogP contribution in [0.2, 0.25) is 0 Å². The molecule has 1 saturated heterocycles. The number of hydrogen-bond acceptors (Lipinski definition) is 10. The Morgan fingerprint density at radius 2 is 2.03 bits per heavy atom. The summed E-state index contributed by atoms with van der Waals surface area (Å²) >= 11 is 1.09. The Kier molecular flexibility index (Phi) is 5.41. The third-order valence-corrected chi connectivity index (χ3v) is 7.05. The maximum absolute atomic E-state index is 13.3. The van der Waals surface area contributed by atoms with E-state index in [9.17, 15) is 14.7 Å². The molecule has 0 spiro atoms. The molecular formula is C24H18N8O4S. The molecule has 12 nitrogen and oxygen atoms in total. The van der Waals surface area contributed by atoms with E-state index in [2.05, 4.69) is 25.5 Å². The molecule has 1 fully saturated rings. The molecule has 1 aliphatic heterocycles. The lowest BCUT2D eigenvalue weighted by Gasteiger charge is -2.32. The number of benzene rings is 2. The van der Waals surface area contributed by atoms with Crippen LogP contribution in [0.25, 0.3) is 26.7 Å². The predicted molar refractivity (Wildman–Crippen MR) is 135 cm³/mol. The molecule has 2 aromatic carbocycles. The number of aliphatic hydroxyl groups is 1. The minimum atomic E-state index is -1.52. The number of morpholine rings is 1. The zero-order valence-corrected chi connectivity index (χ0v) is 19.8. The molecule has 1 amide bonds. The summed E-state index contributed by atoms with van der Waals surface area (Å²) in [5, 5.41) is 25.5. The highest BCUT2D eigenvalue weighted by Gasteiger charge is 2.38. The molecule has 184 valence electrons. The van der Waals surface area contributed by atoms with E-state index in [4.69, 9.17) is 15.7 Å². The predicted octanol–water partition coefficient (Wildman–Crippen LogP) is 1.64. The molecule has 0 aliphatic carbocycles. The Bertz CT molecular complexity index is 1770. The summed E-state index contributed by atoms with van der Waals surface area (Å²) in [5.74, 6) is 0.100. The lowest BCUT2D eigenvalue weighted by atomic mass is 10.1. The van der Waals surface area contributed by atoms with Crippen LogP contribution in [-0.4, -0.2) is 54.4 Å². The molecule has 6 rings (SSSR count). The second kappa shape index (κ2) is 8.79. The molecule has 0 saturated carbocycles. The van der Waals surface area contributed by atoms with Crippen LogP contribution in [0, 0.1) is 11.3 Å². The lowest BCUT2D eigenvalue weighted by molar-refractivity contribution is -0.143. The molecule has 1 unspecified atom stereocenters. The second-order valence-electron chi connectivity index (χ2n) is 8.36. The number of nitrogens with zero attached hydrogens (tertiary/aromatic N) is 6. The molecule has 0 radical (unpaired) electrons. The number of fused-ring (bicyclic) bond motifs is 3. The van der Waals surface area contributed by atoms with Gasteiger partial charge in [0.1, 0.15) is 17.7 Å². The SMILES string of the molecule is N#Cc1ccc(-n2ccc(N3CCO[C@H](C(O)c4nc5ccc6c(N)nsc6c5c(=O)[nH]4)C3=O)n2)cc1. The number of nitrogen functional groups attached to an aromatic ring is 1. The summed E-state index contributed by atoms with van der Waals surface area (Å²) in [5.41, 5.74) is 6.98. The van der Waals surface area contributed by atoms with Crippen molar-refractivity contribution in [2.24, 2.45) is 0 Å². The number of aliphatic hydroxyl groups excluding tert-OH is 1. The van der Waals surface area contributed by atoms with Crippen LogP contribution in [0.15, 0.2) is 53.5 Å². The first-order chi connectivity index (χ1) is 17.9. The maximum Gasteiger partial charge on any atom is 0.260 e. The standard InChI is InChI=1S/C24H18N8O4S/c25-11-12-1-3-13(4-2-12)32-8-7-16(29-32)31-9-10-36-19(24(31)35)18(33)22-27-15-6-5-14-20(37-30-21(14)26)17(15)23(34)28-22/h1-8,18-19,33H,9-10H2,(H2,26,30)(H,27,28,34)/t18?,19-/m1/s1. The summed E-state index contributed by atoms with van der Waals surface area (Å²) in [7, 11) is 0. The number of hydrogen-bond donors (Lipinski definition) is 3. The molecule has 4 heterocycles. The van der Waals surface area contributed by atoms with E-state index in [-0.39, 0.29) is 19.0 Å². The number of carbonyl (C=O) groups excluding carboxylic acids is 1. The Labute approximate surface area is 212 Å². The van der Waals surface area contributed by atoms with Gasteiger partial charge in [-0.3, -0.25) is 14.5 Å². The monoisotopic (exact) mass is 514 g/mol. The van der Waals surface area contributed by atoms with E-state index in [1.54, 1.807) is 53.3 Å². The number of nitriles is 1. The van der Waals surface area contributed by atoms with Crippen molar-refractivity contribution < 1.29 is 14.6 Å². The number of H-pyrrole nitrogens is 1. The van der Waals surface area contributed by atoms with Gasteiger partial charge in [-0.1, -0.05) is 0 Å². The first kappa shape index (κ1) is 22.8. The molecule has 0 bridgehead atoms. The van der Waals surface area contributed by atoms with Crippen molar-refractivity contribution in [1.82, 2.24) is 24.1 Å². The molecule has 37 heavy (non-hydrogen) atoms. The van der Waals surface area contributed by atoms with Gasteiger partial charge in [-0.2, -0.15) is 9.64 Å². The molecule has 5 aromatic rings. The van der Waals surface area contributed by atoms with Gasteiger partial charge in [0.25, 0.3) is 11.5 Å². The normalized spacial score (nSPS) is 16.8. The molecule has 3 aromatic heterocycles. The zero-order valence-electron chi connectivity index (χ0n) is 19.0. The Balaban J connectivity index is 1.28. The van der Waals surface area contributed by atoms with Gasteiger partial charge in [0.2, 0.25) is 0 Å². The van der Waals surface area contributed by atoms with Crippen LogP contribution < -0.4 is 16.2 Å². The highest BCUT2D eigenvalue weighted by atomic mass is 32.1. The summed E-state index contributed by atoms with van der Waals surface area (Å²) in [4.78, 5) is 34.6. The molecule has 1 aliphatic rings. The topological polar surface area (TPSA) is 176 Å². The van der Waals surface area contributed by atoms with Gasteiger partial charge >= 0.3 is 0 Å². The van der Waals surface area contributed by atoms with Gasteiger partial charge in [-0.05, 0) is 47.9 Å². The first-order valence-electron chi connectivity index (χ1n) is 11.2. The molecule has 2 atom stereocenters. The van der Waals surface area contributed by atoms with Crippen LogP contribution in [0.3, 0.4) is 0 Å². The Hall–Kier alpha value is -4.64. The van der Waals surface area contributed by atoms with Crippen molar-refractivity contribution in [2.75, 3.05) is 23.8 Å². The Morgan fingerprint density at radius 3 is 2.81 bits per heavy atom. The molecule has 13 heteroatoms. The fourth-order valence-corrected chi connectivity index (χ4v) is 5.14. The number of carbonyl (C=O) groups is 1. The number of nitrogens with two attached hydrogens (primary N) is 1. The van der Waals surface area contributed by atoms with Crippen molar-refractivity contribution >= 4 is 50.1 Å². The number of anilines is 2. The number of nitrogens with one attached hydrogen (secondary N) is 1. The Morgan fingerprint density at radius 1 is 1.22 bits per heavy atom. The van der Waals surface area contributed by atoms with Crippen molar-refractivity contribution in [3.63, 3.8) is 0 Å². The van der Waals surface area contributed by atoms with E-state index in [0.29, 0.717) is 38.2 Å². The minimum absolute atomic E-state index is 0.0855. The quantitative estimate of drug-likeness (QED) is 0.322. The van der Waals surface area contributed by atoms with Gasteiger partial charge in [0.05, 0.1) is 46.1 Å². The third-order valence-electron chi connectivity index (χ3n) is 6.16. The van der Waals surface area contributed by atoms with Crippen molar-refractivity contribution in [2.45, 2.75) is 12.2 Å². The van der Waals surface area contributed by atoms with E-state index >= 15 is 0 Å². The largest absolute Gasteiger partial charge is 0.382 e.